The molecule has 0 aromatic carbocycles. The number of hydrogen-bond acceptors (Lipinski definition) is 7. The summed E-state index contributed by atoms with van der Waals surface area (Å²) in [6, 6.07) is 6.47. The molecule has 204 valence electrons. The van der Waals surface area contributed by atoms with E-state index in [9.17, 15) is 13.2 Å². The van der Waals surface area contributed by atoms with Gasteiger partial charge in [-0.2, -0.15) is 13.2 Å². The lowest BCUT2D eigenvalue weighted by Crippen LogP contribution is -2.33. The molecule has 0 amide bonds. The number of nitrogens with one attached hydrogen (secondary N) is 2. The van der Waals surface area contributed by atoms with Crippen LogP contribution >= 0.6 is 34.3 Å². The van der Waals surface area contributed by atoms with Gasteiger partial charge in [-0.1, -0.05) is 41.7 Å². The van der Waals surface area contributed by atoms with Gasteiger partial charge in [-0.25, -0.2) is 9.78 Å². The third kappa shape index (κ3) is 7.94. The Bertz CT molecular complexity index is 1310. The molecule has 1 aliphatic rings. The lowest BCUT2D eigenvalue weighted by molar-refractivity contribution is -0.192. The minimum Gasteiger partial charge on any atom is -0.475 e. The van der Waals surface area contributed by atoms with Gasteiger partial charge in [0.05, 0.1) is 16.0 Å². The summed E-state index contributed by atoms with van der Waals surface area (Å²) >= 11 is 9.96. The number of carboxylic acid groups (broad SMARTS) is 1. The number of unbranched alkanes of at least 4 members (excludes halogenated alkanes) is 1. The molecule has 3 heterocycles. The second kappa shape index (κ2) is 14.0. The van der Waals surface area contributed by atoms with Gasteiger partial charge in [0.1, 0.15) is 10.7 Å². The van der Waals surface area contributed by atoms with Crippen molar-refractivity contribution >= 4 is 56.1 Å². The fourth-order valence-electron chi connectivity index (χ4n) is 3.90. The number of thiophene rings is 2. The molecule has 0 bridgehead atoms. The summed E-state index contributed by atoms with van der Waals surface area (Å²) in [7, 11) is 2.03. The smallest absolute Gasteiger partial charge is 0.475 e. The number of halogens is 4. The van der Waals surface area contributed by atoms with E-state index in [0.717, 1.165) is 40.9 Å². The molecule has 0 aliphatic heterocycles. The molecule has 6 nitrogen and oxygen atoms in total. The standard InChI is InChI=1S/C24H26ClN3OS2.C2HF3O2/c1-26-19-11-5-4-9-17(19)23-18(10-3-2-6-12-29)22-24(31-23)20(14-21(25)28-22)27-15-16-8-7-13-30-16;3-2(4,5)1(6)7/h4-5,7-8,13-14,17,19,26,29H,2,6,9,11-12,15H2,1H3,(H,27,28);(H,6,7)/t17-,19-;/m1./s1. The highest BCUT2D eigenvalue weighted by Gasteiger charge is 2.38. The predicted octanol–water partition coefficient (Wildman–Crippen LogP) is 6.40. The van der Waals surface area contributed by atoms with Crippen molar-refractivity contribution in [2.45, 2.75) is 50.4 Å². The maximum Gasteiger partial charge on any atom is 0.490 e. The predicted molar refractivity (Wildman–Crippen MR) is 147 cm³/mol. The molecule has 3 aromatic heterocycles. The number of carboxylic acids is 1. The number of aliphatic hydroxyl groups excluding tert-OH is 1. The molecule has 2 atom stereocenters. The normalized spacial score (nSPS) is 16.9. The van der Waals surface area contributed by atoms with Crippen LogP contribution in [0.25, 0.3) is 10.2 Å². The fourth-order valence-corrected chi connectivity index (χ4v) is 6.11. The van der Waals surface area contributed by atoms with E-state index in [1.807, 2.05) is 13.1 Å². The molecule has 38 heavy (non-hydrogen) atoms. The molecule has 1 aliphatic carbocycles. The zero-order valence-corrected chi connectivity index (χ0v) is 22.8. The molecule has 4 rings (SSSR count). The number of hydrogen-bond donors (Lipinski definition) is 4. The lowest BCUT2D eigenvalue weighted by Gasteiger charge is -2.27. The number of pyridine rings is 1. The monoisotopic (exact) mass is 585 g/mol. The number of rotatable bonds is 7. The van der Waals surface area contributed by atoms with Crippen LogP contribution in [0.5, 0.6) is 0 Å². The van der Waals surface area contributed by atoms with Crippen LogP contribution in [0.15, 0.2) is 35.7 Å². The molecular weight excluding hydrogens is 559 g/mol. The largest absolute Gasteiger partial charge is 0.490 e. The molecule has 0 fully saturated rings. The number of aromatic nitrogens is 1. The molecule has 0 spiro atoms. The van der Waals surface area contributed by atoms with Crippen LogP contribution in [0.3, 0.4) is 0 Å². The molecule has 12 heteroatoms. The highest BCUT2D eigenvalue weighted by molar-refractivity contribution is 7.20. The number of aliphatic carboxylic acids is 1. The Morgan fingerprint density at radius 3 is 2.68 bits per heavy atom. The number of nitrogens with zero attached hydrogens (tertiary/aromatic N) is 1. The van der Waals surface area contributed by atoms with Gasteiger partial charge in [-0.15, -0.1) is 22.7 Å². The number of carbonyl (C=O) groups is 1. The van der Waals surface area contributed by atoms with E-state index in [0.29, 0.717) is 30.0 Å². The fraction of sp³-hybridized carbons (Fsp3) is 0.385. The molecule has 0 saturated carbocycles. The second-order valence-electron chi connectivity index (χ2n) is 8.32. The van der Waals surface area contributed by atoms with E-state index in [1.54, 1.807) is 22.7 Å². The first kappa shape index (κ1) is 29.9. The summed E-state index contributed by atoms with van der Waals surface area (Å²) in [5.41, 5.74) is 2.87. The van der Waals surface area contributed by atoms with Crippen LogP contribution < -0.4 is 10.6 Å². The Labute approximate surface area is 231 Å². The maximum absolute atomic E-state index is 10.6. The Balaban J connectivity index is 0.000000505. The third-order valence-corrected chi connectivity index (χ3v) is 8.14. The lowest BCUT2D eigenvalue weighted by atomic mass is 9.86. The molecule has 0 saturated heterocycles. The molecule has 0 unspecified atom stereocenters. The zero-order chi connectivity index (χ0) is 27.7. The van der Waals surface area contributed by atoms with Crippen LogP contribution in [0.2, 0.25) is 5.15 Å². The van der Waals surface area contributed by atoms with Crippen molar-refractivity contribution in [1.82, 2.24) is 10.3 Å². The summed E-state index contributed by atoms with van der Waals surface area (Å²) in [5.74, 6) is 4.22. The first-order chi connectivity index (χ1) is 18.2. The maximum atomic E-state index is 10.6. The van der Waals surface area contributed by atoms with E-state index in [-0.39, 0.29) is 6.61 Å². The van der Waals surface area contributed by atoms with Gasteiger partial charge in [-0.05, 0) is 37.8 Å². The summed E-state index contributed by atoms with van der Waals surface area (Å²) in [6.45, 7) is 0.908. The van der Waals surface area contributed by atoms with Crippen molar-refractivity contribution in [2.24, 2.45) is 0 Å². The van der Waals surface area contributed by atoms with Gasteiger partial charge in [0.2, 0.25) is 0 Å². The molecule has 3 aromatic rings. The minimum absolute atomic E-state index is 0.155. The second-order valence-corrected chi connectivity index (χ2v) is 10.8. The van der Waals surface area contributed by atoms with E-state index in [1.165, 1.54) is 9.75 Å². The van der Waals surface area contributed by atoms with Crippen LogP contribution in [-0.4, -0.2) is 47.0 Å². The Kier molecular flexibility index (Phi) is 11.0. The quantitative estimate of drug-likeness (QED) is 0.111. The van der Waals surface area contributed by atoms with Crippen molar-refractivity contribution in [2.75, 3.05) is 19.0 Å². The van der Waals surface area contributed by atoms with Crippen LogP contribution in [0.4, 0.5) is 18.9 Å². The van der Waals surface area contributed by atoms with Crippen molar-refractivity contribution in [3.63, 3.8) is 0 Å². The average molecular weight is 586 g/mol. The van der Waals surface area contributed by atoms with Gasteiger partial charge in [0, 0.05) is 47.4 Å². The highest BCUT2D eigenvalue weighted by Crippen LogP contribution is 2.43. The first-order valence-corrected chi connectivity index (χ1v) is 13.8. The van der Waals surface area contributed by atoms with Gasteiger partial charge in [0.15, 0.2) is 0 Å². The van der Waals surface area contributed by atoms with E-state index >= 15 is 0 Å². The van der Waals surface area contributed by atoms with Crippen LogP contribution in [0.1, 0.15) is 46.9 Å². The number of fused-ring (bicyclic) bond motifs is 1. The minimum atomic E-state index is -5.08. The van der Waals surface area contributed by atoms with Gasteiger partial charge in [0.25, 0.3) is 0 Å². The first-order valence-electron chi connectivity index (χ1n) is 11.8. The Morgan fingerprint density at radius 1 is 1.32 bits per heavy atom. The number of alkyl halides is 3. The number of likely N-dealkylation sites (N-methyl/N-ethyl adjacent to an activating group) is 1. The van der Waals surface area contributed by atoms with Gasteiger partial charge >= 0.3 is 12.1 Å². The van der Waals surface area contributed by atoms with Gasteiger partial charge < -0.3 is 20.8 Å². The average Bonchev–Trinajstić information content (AvgIpc) is 3.53. The number of allylic oxidation sites excluding steroid dienone is 1. The Hall–Kier alpha value is -2.62. The van der Waals surface area contributed by atoms with E-state index in [2.05, 4.69) is 52.1 Å². The number of anilines is 1. The highest BCUT2D eigenvalue weighted by atomic mass is 35.5. The summed E-state index contributed by atoms with van der Waals surface area (Å²) in [4.78, 5) is 16.1. The molecule has 0 radical (unpaired) electrons. The summed E-state index contributed by atoms with van der Waals surface area (Å²) < 4.78 is 32.8. The Morgan fingerprint density at radius 2 is 2.05 bits per heavy atom. The van der Waals surface area contributed by atoms with E-state index < -0.39 is 12.1 Å². The number of aliphatic hydroxyl groups is 1. The topological polar surface area (TPSA) is 94.5 Å². The SMILES string of the molecule is CN[C@@H]1CC=CC[C@H]1c1sc2c(NCc3cccs3)cc(Cl)nc2c1C#CCCCO.O=C(O)C(F)(F)F. The van der Waals surface area contributed by atoms with E-state index in [4.69, 9.17) is 31.6 Å². The van der Waals surface area contributed by atoms with Gasteiger partial charge in [-0.3, -0.25) is 0 Å². The van der Waals surface area contributed by atoms with Crippen molar-refractivity contribution in [3.8, 4) is 11.8 Å². The summed E-state index contributed by atoms with van der Waals surface area (Å²) in [5, 5.41) is 25.8. The van der Waals surface area contributed by atoms with Crippen LogP contribution in [-0.2, 0) is 11.3 Å². The summed E-state index contributed by atoms with van der Waals surface area (Å²) in [6.07, 6.45) is 2.76. The third-order valence-electron chi connectivity index (χ3n) is 5.73. The van der Waals surface area contributed by atoms with Crippen molar-refractivity contribution in [3.05, 3.63) is 56.2 Å². The molecule has 4 N–H and O–H groups in total. The molecular formula is C26H27ClF3N3O3S2. The van der Waals surface area contributed by atoms with Crippen molar-refractivity contribution < 1.29 is 28.2 Å². The zero-order valence-electron chi connectivity index (χ0n) is 20.4. The van der Waals surface area contributed by atoms with Crippen LogP contribution in [0, 0.1) is 11.8 Å². The van der Waals surface area contributed by atoms with Crippen molar-refractivity contribution in [1.29, 1.82) is 0 Å².